The number of hydrogen-bond acceptors (Lipinski definition) is 4. The van der Waals surface area contributed by atoms with Crippen LogP contribution < -0.4 is 4.90 Å². The van der Waals surface area contributed by atoms with Gasteiger partial charge in [-0.25, -0.2) is 0 Å². The molecule has 2 heterocycles. The smallest absolute Gasteiger partial charge is 0.0909 e. The number of hydrogen-bond donors (Lipinski definition) is 0. The molecule has 1 aliphatic heterocycles. The van der Waals surface area contributed by atoms with Crippen LogP contribution in [0.3, 0.4) is 0 Å². The van der Waals surface area contributed by atoms with E-state index in [2.05, 4.69) is 37.9 Å². The van der Waals surface area contributed by atoms with E-state index in [1.165, 1.54) is 5.69 Å². The van der Waals surface area contributed by atoms with E-state index < -0.39 is 0 Å². The average molecular weight is 400 g/mol. The van der Waals surface area contributed by atoms with Gasteiger partial charge in [-0.2, -0.15) is 0 Å². The highest BCUT2D eigenvalue weighted by atomic mass is 79.9. The number of pyridine rings is 1. The summed E-state index contributed by atoms with van der Waals surface area (Å²) in [6.45, 7) is 3.27. The van der Waals surface area contributed by atoms with Crippen LogP contribution in [0.5, 0.6) is 0 Å². The molecule has 1 saturated heterocycles. The normalized spacial score (nSPS) is 16.2. The minimum Gasteiger partial charge on any atom is -0.382 e. The Morgan fingerprint density at radius 1 is 1.30 bits per heavy atom. The van der Waals surface area contributed by atoms with Crippen molar-refractivity contribution < 1.29 is 9.47 Å². The minimum atomic E-state index is 0.324. The van der Waals surface area contributed by atoms with E-state index in [-0.39, 0.29) is 0 Å². The molecule has 0 atom stereocenters. The van der Waals surface area contributed by atoms with Gasteiger partial charge in [0.2, 0.25) is 0 Å². The first kappa shape index (κ1) is 17.0. The van der Waals surface area contributed by atoms with E-state index in [1.807, 2.05) is 12.3 Å². The average Bonchev–Trinajstić information content (AvgIpc) is 2.55. The van der Waals surface area contributed by atoms with Crippen molar-refractivity contribution in [2.75, 3.05) is 38.3 Å². The van der Waals surface area contributed by atoms with Crippen molar-refractivity contribution in [2.24, 2.45) is 0 Å². The van der Waals surface area contributed by atoms with Gasteiger partial charge in [0.05, 0.1) is 29.9 Å². The van der Waals surface area contributed by atoms with Crippen molar-refractivity contribution in [1.82, 2.24) is 4.98 Å². The van der Waals surface area contributed by atoms with Crippen molar-refractivity contribution in [3.8, 4) is 0 Å². The van der Waals surface area contributed by atoms with E-state index in [1.54, 1.807) is 7.11 Å². The lowest BCUT2D eigenvalue weighted by atomic mass is 10.1. The van der Waals surface area contributed by atoms with Gasteiger partial charge in [-0.3, -0.25) is 4.98 Å². The summed E-state index contributed by atoms with van der Waals surface area (Å²) in [5, 5.41) is 1.76. The van der Waals surface area contributed by atoms with Gasteiger partial charge < -0.3 is 14.4 Å². The van der Waals surface area contributed by atoms with Gasteiger partial charge in [-0.15, -0.1) is 0 Å². The zero-order valence-corrected chi connectivity index (χ0v) is 15.4. The van der Waals surface area contributed by atoms with Gasteiger partial charge in [0.1, 0.15) is 0 Å². The number of piperidine rings is 1. The van der Waals surface area contributed by atoms with Crippen molar-refractivity contribution in [3.63, 3.8) is 0 Å². The number of nitrogens with zero attached hydrogens (tertiary/aromatic N) is 2. The lowest BCUT2D eigenvalue weighted by Gasteiger charge is -2.34. The van der Waals surface area contributed by atoms with Crippen LogP contribution in [0.1, 0.15) is 12.8 Å². The molecule has 3 rings (SSSR count). The summed E-state index contributed by atoms with van der Waals surface area (Å²) in [7, 11) is 1.70. The molecule has 1 aliphatic rings. The molecule has 1 aromatic heterocycles. The Morgan fingerprint density at radius 3 is 2.83 bits per heavy atom. The molecule has 4 nitrogen and oxygen atoms in total. The molecule has 0 amide bonds. The molecule has 1 aromatic carbocycles. The third-order valence-corrected chi connectivity index (χ3v) is 4.91. The quantitative estimate of drug-likeness (QED) is 0.703. The standard InChI is InChI=1S/C17H20BrClN2O2/c1-22-8-9-23-13-3-6-21(7-4-13)16-2-5-20-17-14(16)10-12(18)11-15(17)19/h2,5,10-11,13H,3-4,6-9H2,1H3. The summed E-state index contributed by atoms with van der Waals surface area (Å²) in [6.07, 6.45) is 4.20. The summed E-state index contributed by atoms with van der Waals surface area (Å²) in [4.78, 5) is 6.82. The van der Waals surface area contributed by atoms with Gasteiger partial charge in [0.15, 0.2) is 0 Å². The summed E-state index contributed by atoms with van der Waals surface area (Å²) in [5.74, 6) is 0. The van der Waals surface area contributed by atoms with E-state index in [4.69, 9.17) is 21.1 Å². The lowest BCUT2D eigenvalue weighted by molar-refractivity contribution is 0.00612. The van der Waals surface area contributed by atoms with E-state index in [0.29, 0.717) is 24.3 Å². The second-order valence-electron chi connectivity index (χ2n) is 5.66. The zero-order valence-electron chi connectivity index (χ0n) is 13.1. The first-order valence-electron chi connectivity index (χ1n) is 7.78. The van der Waals surface area contributed by atoms with E-state index in [9.17, 15) is 0 Å². The summed E-state index contributed by atoms with van der Waals surface area (Å²) in [6, 6.07) is 6.04. The number of aromatic nitrogens is 1. The van der Waals surface area contributed by atoms with Crippen LogP contribution in [0.2, 0.25) is 5.02 Å². The van der Waals surface area contributed by atoms with Gasteiger partial charge in [-0.1, -0.05) is 27.5 Å². The van der Waals surface area contributed by atoms with Gasteiger partial charge in [0, 0.05) is 41.9 Å². The number of rotatable bonds is 5. The van der Waals surface area contributed by atoms with Crippen LogP contribution in [0, 0.1) is 0 Å². The Hall–Kier alpha value is -0.880. The van der Waals surface area contributed by atoms with Crippen molar-refractivity contribution in [3.05, 3.63) is 33.9 Å². The molecule has 124 valence electrons. The topological polar surface area (TPSA) is 34.6 Å². The summed E-state index contributed by atoms with van der Waals surface area (Å²) >= 11 is 9.85. The van der Waals surface area contributed by atoms with Crippen LogP contribution in [0.25, 0.3) is 10.9 Å². The van der Waals surface area contributed by atoms with Gasteiger partial charge in [0.25, 0.3) is 0 Å². The minimum absolute atomic E-state index is 0.324. The SMILES string of the molecule is COCCOC1CCN(c2ccnc3c(Cl)cc(Br)cc23)CC1. The van der Waals surface area contributed by atoms with Crippen molar-refractivity contribution >= 4 is 44.1 Å². The molecule has 0 aliphatic carbocycles. The lowest BCUT2D eigenvalue weighted by Crippen LogP contribution is -2.37. The van der Waals surface area contributed by atoms with Gasteiger partial charge in [-0.05, 0) is 31.0 Å². The maximum Gasteiger partial charge on any atom is 0.0909 e. The number of benzene rings is 1. The van der Waals surface area contributed by atoms with Crippen LogP contribution in [-0.2, 0) is 9.47 Å². The second-order valence-corrected chi connectivity index (χ2v) is 6.99. The predicted octanol–water partition coefficient (Wildman–Crippen LogP) is 4.28. The van der Waals surface area contributed by atoms with Crippen LogP contribution in [0.4, 0.5) is 5.69 Å². The molecule has 0 spiro atoms. The molecule has 0 radical (unpaired) electrons. The highest BCUT2D eigenvalue weighted by molar-refractivity contribution is 9.10. The number of methoxy groups -OCH3 is 1. The summed E-state index contributed by atoms with van der Waals surface area (Å²) < 4.78 is 11.8. The van der Waals surface area contributed by atoms with E-state index in [0.717, 1.165) is 41.3 Å². The first-order chi connectivity index (χ1) is 11.2. The Kier molecular flexibility index (Phi) is 5.75. The molecule has 1 fully saturated rings. The number of fused-ring (bicyclic) bond motifs is 1. The maximum absolute atomic E-state index is 6.32. The third kappa shape index (κ3) is 3.97. The molecule has 0 saturated carbocycles. The molecule has 6 heteroatoms. The van der Waals surface area contributed by atoms with Crippen molar-refractivity contribution in [2.45, 2.75) is 18.9 Å². The number of halogens is 2. The summed E-state index contributed by atoms with van der Waals surface area (Å²) in [5.41, 5.74) is 2.04. The van der Waals surface area contributed by atoms with Crippen LogP contribution in [-0.4, -0.2) is 44.5 Å². The monoisotopic (exact) mass is 398 g/mol. The highest BCUT2D eigenvalue weighted by Crippen LogP contribution is 2.34. The second kappa shape index (κ2) is 7.79. The maximum atomic E-state index is 6.32. The highest BCUT2D eigenvalue weighted by Gasteiger charge is 2.21. The first-order valence-corrected chi connectivity index (χ1v) is 8.95. The van der Waals surface area contributed by atoms with Crippen LogP contribution >= 0.6 is 27.5 Å². The Labute approximate surface area is 149 Å². The number of anilines is 1. The third-order valence-electron chi connectivity index (χ3n) is 4.16. The molecular formula is C17H20BrClN2O2. The fourth-order valence-electron chi connectivity index (χ4n) is 3.00. The molecule has 23 heavy (non-hydrogen) atoms. The Morgan fingerprint density at radius 2 is 2.09 bits per heavy atom. The zero-order chi connectivity index (χ0) is 16.2. The molecular weight excluding hydrogens is 380 g/mol. The van der Waals surface area contributed by atoms with Crippen molar-refractivity contribution in [1.29, 1.82) is 0 Å². The largest absolute Gasteiger partial charge is 0.382 e. The molecule has 0 N–H and O–H groups in total. The Balaban J connectivity index is 1.75. The van der Waals surface area contributed by atoms with E-state index >= 15 is 0 Å². The van der Waals surface area contributed by atoms with Crippen LogP contribution in [0.15, 0.2) is 28.9 Å². The predicted molar refractivity (Wildman–Crippen MR) is 97.5 cm³/mol. The number of ether oxygens (including phenoxy) is 2. The fraction of sp³-hybridized carbons (Fsp3) is 0.471. The Bertz CT molecular complexity index is 675. The fourth-order valence-corrected chi connectivity index (χ4v) is 3.86. The van der Waals surface area contributed by atoms with Gasteiger partial charge >= 0.3 is 0 Å². The molecule has 2 aromatic rings. The molecule has 0 bridgehead atoms. The molecule has 0 unspecified atom stereocenters.